The van der Waals surface area contributed by atoms with Gasteiger partial charge in [-0.25, -0.2) is 4.79 Å². The number of nitrogens with zero attached hydrogens (tertiary/aromatic N) is 1. The van der Waals surface area contributed by atoms with Crippen molar-refractivity contribution in [2.24, 2.45) is 0 Å². The van der Waals surface area contributed by atoms with Crippen LogP contribution in [0.1, 0.15) is 23.6 Å². The van der Waals surface area contributed by atoms with Crippen LogP contribution in [-0.2, 0) is 19.1 Å². The summed E-state index contributed by atoms with van der Waals surface area (Å²) < 4.78 is 3.67. The number of carbonyl (C=O) groups excluding carboxylic acids is 2. The Morgan fingerprint density at radius 1 is 0.722 bits per heavy atom. The highest BCUT2D eigenvalue weighted by Gasteiger charge is 2.63. The summed E-state index contributed by atoms with van der Waals surface area (Å²) in [6.07, 6.45) is 0.440. The number of ether oxygens (including phenoxy) is 1. The molecular weight excluding hydrogens is 706 g/mol. The third-order valence-electron chi connectivity index (χ3n) is 10.1. The van der Waals surface area contributed by atoms with Gasteiger partial charge >= 0.3 is 5.97 Å². The molecule has 1 aliphatic heterocycles. The number of amides is 1. The van der Waals surface area contributed by atoms with Crippen molar-refractivity contribution in [1.82, 2.24) is 4.90 Å². The number of aliphatic hydroxyl groups excluding tert-OH is 1. The standard InChI is InChI=1S/C47H42NO4PS/c1-3-34-52-44(50)43(53(40-28-16-7-17-29-40,41-30-18-8-19-31-41)42-32-20-9-21-33-42)48-35-46(36(2)49,45(48)51)54-47(37-22-10-4-11-23-37,38-24-12-5-13-25-38)39-26-14-6-15-27-39/h3-33,36,49H,1,34-35H2,2H3. The van der Waals surface area contributed by atoms with Crippen LogP contribution in [0.15, 0.2) is 195 Å². The normalized spacial score (nSPS) is 16.2. The van der Waals surface area contributed by atoms with Crippen molar-refractivity contribution < 1.29 is 19.4 Å². The molecule has 2 atom stereocenters. The van der Waals surface area contributed by atoms with Crippen LogP contribution < -0.4 is 15.9 Å². The van der Waals surface area contributed by atoms with Crippen LogP contribution in [0.2, 0.25) is 0 Å². The number of rotatable bonds is 13. The first-order chi connectivity index (χ1) is 26.4. The van der Waals surface area contributed by atoms with Crippen LogP contribution in [0.5, 0.6) is 0 Å². The van der Waals surface area contributed by atoms with Gasteiger partial charge in [-0.1, -0.05) is 195 Å². The van der Waals surface area contributed by atoms with E-state index >= 15 is 4.79 Å². The molecule has 7 heteroatoms. The molecule has 0 saturated carbocycles. The molecule has 1 aliphatic rings. The first-order valence-corrected chi connectivity index (χ1v) is 20.6. The molecule has 54 heavy (non-hydrogen) atoms. The lowest BCUT2D eigenvalue weighted by Crippen LogP contribution is -2.73. The molecule has 1 N–H and O–H groups in total. The van der Waals surface area contributed by atoms with Gasteiger partial charge in [-0.2, -0.15) is 0 Å². The highest BCUT2D eigenvalue weighted by atomic mass is 32.2. The Labute approximate surface area is 321 Å². The zero-order valence-electron chi connectivity index (χ0n) is 30.1. The number of thioether (sulfide) groups is 1. The first-order valence-electron chi connectivity index (χ1n) is 18.0. The molecule has 6 aromatic rings. The Morgan fingerprint density at radius 2 is 1.07 bits per heavy atom. The van der Waals surface area contributed by atoms with Gasteiger partial charge in [-0.15, -0.1) is 11.8 Å². The second kappa shape index (κ2) is 15.9. The molecule has 1 saturated heterocycles. The number of likely N-dealkylation sites (tertiary alicyclic amines) is 1. The summed E-state index contributed by atoms with van der Waals surface area (Å²) in [4.78, 5) is 32.0. The number of hydrogen-bond acceptors (Lipinski definition) is 5. The smallest absolute Gasteiger partial charge is 0.356 e. The van der Waals surface area contributed by atoms with E-state index in [1.165, 1.54) is 17.8 Å². The number of hydrogen-bond donors (Lipinski definition) is 1. The fraction of sp³-hybridized carbons (Fsp3) is 0.128. The fourth-order valence-electron chi connectivity index (χ4n) is 7.52. The third-order valence-corrected chi connectivity index (χ3v) is 16.4. The van der Waals surface area contributed by atoms with Crippen molar-refractivity contribution >= 4 is 51.9 Å². The largest absolute Gasteiger partial charge is 0.457 e. The third kappa shape index (κ3) is 6.35. The van der Waals surface area contributed by atoms with Gasteiger partial charge in [0, 0.05) is 6.89 Å². The molecule has 7 rings (SSSR count). The predicted octanol–water partition coefficient (Wildman–Crippen LogP) is 7.53. The van der Waals surface area contributed by atoms with Gasteiger partial charge in [0.2, 0.25) is 5.91 Å². The lowest BCUT2D eigenvalue weighted by molar-refractivity contribution is -0.146. The highest BCUT2D eigenvalue weighted by Crippen LogP contribution is 2.58. The van der Waals surface area contributed by atoms with Crippen LogP contribution in [-0.4, -0.2) is 51.3 Å². The van der Waals surface area contributed by atoms with E-state index in [4.69, 9.17) is 4.74 Å². The summed E-state index contributed by atoms with van der Waals surface area (Å²) in [5.41, 5.74) is 3.16. The number of benzene rings is 6. The Kier molecular flexibility index (Phi) is 10.9. The van der Waals surface area contributed by atoms with Gasteiger partial charge in [0.05, 0.1) is 17.4 Å². The van der Waals surface area contributed by atoms with Crippen LogP contribution in [0.3, 0.4) is 0 Å². The maximum absolute atomic E-state index is 15.6. The minimum atomic E-state index is -3.11. The molecule has 0 bridgehead atoms. The molecule has 0 radical (unpaired) electrons. The molecular formula is C47H42NO4PS. The molecule has 1 amide bonds. The SMILES string of the molecule is C=CCOC(=O)C(N1CC(SC(c2ccccc2)(c2ccccc2)c2ccccc2)(C(C)O)C1=O)=P(c1ccccc1)(c1ccccc1)c1ccccc1. The fourth-order valence-corrected chi connectivity index (χ4v) is 13.7. The van der Waals surface area contributed by atoms with E-state index in [0.29, 0.717) is 0 Å². The van der Waals surface area contributed by atoms with Crippen molar-refractivity contribution in [2.45, 2.75) is 22.5 Å². The second-order valence-corrected chi connectivity index (χ2v) is 18.1. The van der Waals surface area contributed by atoms with Gasteiger partial charge in [-0.05, 0) is 39.5 Å². The van der Waals surface area contributed by atoms with Crippen molar-refractivity contribution in [3.05, 3.63) is 211 Å². The number of aliphatic hydroxyl groups is 1. The van der Waals surface area contributed by atoms with Crippen molar-refractivity contribution in [1.29, 1.82) is 0 Å². The topological polar surface area (TPSA) is 66.8 Å². The average molecular weight is 748 g/mol. The molecule has 1 heterocycles. The molecule has 0 spiro atoms. The summed E-state index contributed by atoms with van der Waals surface area (Å²) in [5, 5.41) is 14.6. The van der Waals surface area contributed by atoms with Crippen LogP contribution in [0, 0.1) is 0 Å². The van der Waals surface area contributed by atoms with Crippen LogP contribution in [0.25, 0.3) is 0 Å². The van der Waals surface area contributed by atoms with E-state index in [0.717, 1.165) is 32.6 Å². The molecule has 0 aromatic heterocycles. The van der Waals surface area contributed by atoms with E-state index in [9.17, 15) is 9.90 Å². The van der Waals surface area contributed by atoms with Gasteiger partial charge < -0.3 is 14.7 Å². The van der Waals surface area contributed by atoms with E-state index in [-0.39, 0.29) is 24.5 Å². The lowest BCUT2D eigenvalue weighted by atomic mass is 9.84. The molecule has 270 valence electrons. The Morgan fingerprint density at radius 3 is 1.39 bits per heavy atom. The van der Waals surface area contributed by atoms with Crippen molar-refractivity contribution in [3.63, 3.8) is 0 Å². The highest BCUT2D eigenvalue weighted by molar-refractivity contribution is 8.03. The molecule has 5 nitrogen and oxygen atoms in total. The summed E-state index contributed by atoms with van der Waals surface area (Å²) in [6.45, 7) is 2.41. The summed E-state index contributed by atoms with van der Waals surface area (Å²) in [7, 11) is 0. The number of carbonyl (C=O) groups is 2. The van der Waals surface area contributed by atoms with Crippen molar-refractivity contribution in [2.75, 3.05) is 13.2 Å². The predicted molar refractivity (Wildman–Crippen MR) is 224 cm³/mol. The minimum absolute atomic E-state index is 0.0296. The lowest BCUT2D eigenvalue weighted by Gasteiger charge is -2.55. The molecule has 0 aliphatic carbocycles. The molecule has 6 aromatic carbocycles. The Balaban J connectivity index is 1.52. The maximum Gasteiger partial charge on any atom is 0.356 e. The quantitative estimate of drug-likeness (QED) is 0.0436. The first kappa shape index (κ1) is 36.9. The van der Waals surface area contributed by atoms with Gasteiger partial charge in [0.1, 0.15) is 16.8 Å². The zero-order valence-corrected chi connectivity index (χ0v) is 31.8. The Hall–Kier alpha value is -5.39. The summed E-state index contributed by atoms with van der Waals surface area (Å²) in [5.74, 6) is -0.954. The van der Waals surface area contributed by atoms with Gasteiger partial charge in [-0.3, -0.25) is 4.79 Å². The number of esters is 1. The van der Waals surface area contributed by atoms with Gasteiger partial charge in [0.25, 0.3) is 0 Å². The minimum Gasteiger partial charge on any atom is -0.457 e. The van der Waals surface area contributed by atoms with E-state index in [2.05, 4.69) is 43.0 Å². The van der Waals surface area contributed by atoms with E-state index < -0.39 is 28.5 Å². The summed E-state index contributed by atoms with van der Waals surface area (Å²) >= 11 is 1.44. The second-order valence-electron chi connectivity index (χ2n) is 13.2. The number of β-lactam (4-membered cyclic amide) rings is 1. The zero-order chi connectivity index (χ0) is 37.6. The monoisotopic (exact) mass is 747 g/mol. The summed E-state index contributed by atoms with van der Waals surface area (Å²) in [6, 6.07) is 60.2. The van der Waals surface area contributed by atoms with Gasteiger partial charge in [0.15, 0.2) is 0 Å². The van der Waals surface area contributed by atoms with E-state index in [1.807, 2.05) is 146 Å². The van der Waals surface area contributed by atoms with Crippen LogP contribution >= 0.6 is 18.6 Å². The molecule has 2 unspecified atom stereocenters. The van der Waals surface area contributed by atoms with E-state index in [1.54, 1.807) is 11.8 Å². The maximum atomic E-state index is 15.6. The van der Waals surface area contributed by atoms with Crippen molar-refractivity contribution in [3.8, 4) is 0 Å². The van der Waals surface area contributed by atoms with Crippen LogP contribution in [0.4, 0.5) is 0 Å². The Bertz CT molecular complexity index is 2070. The molecule has 1 fully saturated rings. The average Bonchev–Trinajstić information content (AvgIpc) is 3.24.